The topological polar surface area (TPSA) is 112 Å². The molecule has 166 valence electrons. The quantitative estimate of drug-likeness (QED) is 0.389. The van der Waals surface area contributed by atoms with Crippen molar-refractivity contribution >= 4 is 28.0 Å². The highest BCUT2D eigenvalue weighted by Crippen LogP contribution is 2.13. The third kappa shape index (κ3) is 6.40. The van der Waals surface area contributed by atoms with Crippen molar-refractivity contribution in [1.29, 1.82) is 0 Å². The van der Waals surface area contributed by atoms with Crippen LogP contribution in [-0.2, 0) is 37.4 Å². The molecule has 1 heterocycles. The van der Waals surface area contributed by atoms with Crippen LogP contribution in [0.15, 0.2) is 82.3 Å². The molecule has 0 atom stereocenters. The van der Waals surface area contributed by atoms with Gasteiger partial charge in [0, 0.05) is 6.08 Å². The minimum Gasteiger partial charge on any atom is -0.468 e. The maximum absolute atomic E-state index is 12.3. The van der Waals surface area contributed by atoms with Crippen molar-refractivity contribution in [3.8, 4) is 0 Å². The summed E-state index contributed by atoms with van der Waals surface area (Å²) in [4.78, 5) is 23.6. The summed E-state index contributed by atoms with van der Waals surface area (Å²) >= 11 is 0. The van der Waals surface area contributed by atoms with E-state index in [1.807, 2.05) is 0 Å². The third-order valence-corrected chi connectivity index (χ3v) is 5.77. The SMILES string of the molecule is COC(=O)c1cccc(COC(=O)/C=C/c2ccc(S(=O)(=O)NCc3ccco3)cc2)c1. The Morgan fingerprint density at radius 1 is 1.06 bits per heavy atom. The van der Waals surface area contributed by atoms with Gasteiger partial charge < -0.3 is 13.9 Å². The molecule has 0 spiro atoms. The normalized spacial score (nSPS) is 11.4. The van der Waals surface area contributed by atoms with Crippen molar-refractivity contribution in [3.05, 3.63) is 95.5 Å². The summed E-state index contributed by atoms with van der Waals surface area (Å²) in [6.07, 6.45) is 4.22. The Hall–Kier alpha value is -3.69. The summed E-state index contributed by atoms with van der Waals surface area (Å²) < 4.78 is 42.1. The zero-order valence-corrected chi connectivity index (χ0v) is 18.0. The molecule has 0 saturated carbocycles. The van der Waals surface area contributed by atoms with Crippen molar-refractivity contribution < 1.29 is 31.9 Å². The smallest absolute Gasteiger partial charge is 0.337 e. The van der Waals surface area contributed by atoms with Crippen LogP contribution in [0, 0.1) is 0 Å². The van der Waals surface area contributed by atoms with Crippen LogP contribution in [0.3, 0.4) is 0 Å². The van der Waals surface area contributed by atoms with Gasteiger partial charge in [0.1, 0.15) is 12.4 Å². The molecule has 1 aromatic heterocycles. The van der Waals surface area contributed by atoms with Crippen molar-refractivity contribution in [1.82, 2.24) is 4.72 Å². The minimum atomic E-state index is -3.69. The highest BCUT2D eigenvalue weighted by atomic mass is 32.2. The number of sulfonamides is 1. The lowest BCUT2D eigenvalue weighted by molar-refractivity contribution is -0.138. The maximum Gasteiger partial charge on any atom is 0.337 e. The van der Waals surface area contributed by atoms with Crippen LogP contribution in [0.2, 0.25) is 0 Å². The number of methoxy groups -OCH3 is 1. The number of carbonyl (C=O) groups is 2. The molecule has 32 heavy (non-hydrogen) atoms. The van der Waals surface area contributed by atoms with E-state index in [2.05, 4.69) is 9.46 Å². The summed E-state index contributed by atoms with van der Waals surface area (Å²) in [5.41, 5.74) is 1.64. The van der Waals surface area contributed by atoms with E-state index >= 15 is 0 Å². The molecule has 1 N–H and O–H groups in total. The Morgan fingerprint density at radius 2 is 1.84 bits per heavy atom. The fraction of sp³-hybridized carbons (Fsp3) is 0.130. The van der Waals surface area contributed by atoms with Gasteiger partial charge in [0.15, 0.2) is 0 Å². The first-order valence-electron chi connectivity index (χ1n) is 9.51. The first kappa shape index (κ1) is 23.0. The van der Waals surface area contributed by atoms with Crippen LogP contribution in [0.4, 0.5) is 0 Å². The number of rotatable bonds is 9. The Morgan fingerprint density at radius 3 is 2.53 bits per heavy atom. The lowest BCUT2D eigenvalue weighted by atomic mass is 10.1. The minimum absolute atomic E-state index is 0.00741. The number of nitrogens with one attached hydrogen (secondary N) is 1. The van der Waals surface area contributed by atoms with Gasteiger partial charge >= 0.3 is 11.9 Å². The molecule has 0 aliphatic heterocycles. The lowest BCUT2D eigenvalue weighted by Gasteiger charge is -2.06. The molecule has 0 unspecified atom stereocenters. The van der Waals surface area contributed by atoms with E-state index in [0.29, 0.717) is 22.5 Å². The summed E-state index contributed by atoms with van der Waals surface area (Å²) in [5.74, 6) is -0.548. The molecule has 0 bridgehead atoms. The van der Waals surface area contributed by atoms with E-state index in [-0.39, 0.29) is 18.0 Å². The predicted molar refractivity (Wildman–Crippen MR) is 116 cm³/mol. The second-order valence-corrected chi connectivity index (χ2v) is 8.37. The van der Waals surface area contributed by atoms with E-state index < -0.39 is 22.0 Å². The van der Waals surface area contributed by atoms with E-state index in [1.165, 1.54) is 37.7 Å². The Labute approximate surface area is 185 Å². The van der Waals surface area contributed by atoms with Crippen molar-refractivity contribution in [2.24, 2.45) is 0 Å². The Bertz CT molecular complexity index is 1200. The Balaban J connectivity index is 1.54. The van der Waals surface area contributed by atoms with Gasteiger partial charge in [-0.05, 0) is 53.6 Å². The number of ether oxygens (including phenoxy) is 2. The van der Waals surface area contributed by atoms with Crippen LogP contribution in [0.25, 0.3) is 6.08 Å². The zero-order valence-electron chi connectivity index (χ0n) is 17.2. The van der Waals surface area contributed by atoms with E-state index in [1.54, 1.807) is 48.5 Å². The molecule has 0 fully saturated rings. The third-order valence-electron chi connectivity index (χ3n) is 4.35. The van der Waals surface area contributed by atoms with Crippen LogP contribution < -0.4 is 4.72 Å². The van der Waals surface area contributed by atoms with E-state index in [9.17, 15) is 18.0 Å². The maximum atomic E-state index is 12.3. The van der Waals surface area contributed by atoms with E-state index in [0.717, 1.165) is 0 Å². The molecule has 0 radical (unpaired) electrons. The van der Waals surface area contributed by atoms with Crippen molar-refractivity contribution in [2.45, 2.75) is 18.0 Å². The van der Waals surface area contributed by atoms with Gasteiger partial charge in [-0.1, -0.05) is 24.3 Å². The van der Waals surface area contributed by atoms with Crippen LogP contribution in [-0.4, -0.2) is 27.5 Å². The summed E-state index contributed by atoms with van der Waals surface area (Å²) in [7, 11) is -2.40. The first-order valence-corrected chi connectivity index (χ1v) is 11.0. The number of hydrogen-bond acceptors (Lipinski definition) is 7. The molecule has 3 rings (SSSR count). The Kier molecular flexibility index (Phi) is 7.58. The molecule has 3 aromatic rings. The molecule has 8 nitrogen and oxygen atoms in total. The second kappa shape index (κ2) is 10.6. The average Bonchev–Trinajstić information content (AvgIpc) is 3.34. The number of furan rings is 1. The standard InChI is InChI=1S/C23H21NO7S/c1-29-23(26)19-5-2-4-18(14-19)16-31-22(25)12-9-17-7-10-21(11-8-17)32(27,28)24-15-20-6-3-13-30-20/h2-14,24H,15-16H2,1H3/b12-9+. The molecule has 2 aromatic carbocycles. The number of esters is 2. The highest BCUT2D eigenvalue weighted by molar-refractivity contribution is 7.89. The predicted octanol–water partition coefficient (Wildman–Crippen LogP) is 3.30. The molecule has 0 aliphatic rings. The average molecular weight is 455 g/mol. The number of hydrogen-bond donors (Lipinski definition) is 1. The summed E-state index contributed by atoms with van der Waals surface area (Å²) in [6.45, 7) is 0.0396. The summed E-state index contributed by atoms with van der Waals surface area (Å²) in [5, 5.41) is 0. The van der Waals surface area contributed by atoms with Crippen LogP contribution in [0.5, 0.6) is 0 Å². The monoisotopic (exact) mass is 455 g/mol. The first-order chi connectivity index (χ1) is 15.4. The van der Waals surface area contributed by atoms with Gasteiger partial charge in [0.25, 0.3) is 0 Å². The fourth-order valence-electron chi connectivity index (χ4n) is 2.69. The molecular formula is C23H21NO7S. The second-order valence-electron chi connectivity index (χ2n) is 6.61. The summed E-state index contributed by atoms with van der Waals surface area (Å²) in [6, 6.07) is 16.0. The van der Waals surface area contributed by atoms with Gasteiger partial charge in [0.05, 0.1) is 30.4 Å². The molecule has 9 heteroatoms. The van der Waals surface area contributed by atoms with Crippen molar-refractivity contribution in [3.63, 3.8) is 0 Å². The van der Waals surface area contributed by atoms with Crippen molar-refractivity contribution in [2.75, 3.05) is 7.11 Å². The van der Waals surface area contributed by atoms with Gasteiger partial charge in [-0.15, -0.1) is 0 Å². The zero-order chi connectivity index (χ0) is 23.0. The van der Waals surface area contributed by atoms with Crippen LogP contribution in [0.1, 0.15) is 27.2 Å². The highest BCUT2D eigenvalue weighted by Gasteiger charge is 2.14. The van der Waals surface area contributed by atoms with Gasteiger partial charge in [-0.25, -0.2) is 22.7 Å². The molecular weight excluding hydrogens is 434 g/mol. The van der Waals surface area contributed by atoms with Gasteiger partial charge in [-0.3, -0.25) is 0 Å². The molecule has 0 saturated heterocycles. The van der Waals surface area contributed by atoms with Gasteiger partial charge in [-0.2, -0.15) is 0 Å². The fourth-order valence-corrected chi connectivity index (χ4v) is 3.69. The lowest BCUT2D eigenvalue weighted by Crippen LogP contribution is -2.22. The van der Waals surface area contributed by atoms with E-state index in [4.69, 9.17) is 9.15 Å². The van der Waals surface area contributed by atoms with Gasteiger partial charge in [0.2, 0.25) is 10.0 Å². The van der Waals surface area contributed by atoms with Crippen LogP contribution >= 0.6 is 0 Å². The molecule has 0 aliphatic carbocycles. The molecule has 0 amide bonds. The number of benzene rings is 2. The largest absolute Gasteiger partial charge is 0.468 e. The number of carbonyl (C=O) groups excluding carboxylic acids is 2.